The number of aromatic nitrogens is 1. The fourth-order valence-electron chi connectivity index (χ4n) is 5.02. The van der Waals surface area contributed by atoms with Crippen LogP contribution in [0.25, 0.3) is 5.57 Å². The first-order chi connectivity index (χ1) is 18.6. The maximum absolute atomic E-state index is 13.0. The van der Waals surface area contributed by atoms with Gasteiger partial charge in [-0.25, -0.2) is 4.79 Å². The number of carboxylic acid groups (broad SMARTS) is 1. The van der Waals surface area contributed by atoms with Gasteiger partial charge in [0.15, 0.2) is 0 Å². The number of carbonyl (C=O) groups excluding carboxylic acids is 1. The number of halogens is 3. The lowest BCUT2D eigenvalue weighted by molar-refractivity contribution is -0.122. The van der Waals surface area contributed by atoms with E-state index in [1.54, 1.807) is 35.5 Å². The summed E-state index contributed by atoms with van der Waals surface area (Å²) in [6.07, 6.45) is 2.46. The van der Waals surface area contributed by atoms with Crippen molar-refractivity contribution in [1.29, 1.82) is 0 Å². The number of anilines is 1. The van der Waals surface area contributed by atoms with E-state index >= 15 is 0 Å². The van der Waals surface area contributed by atoms with Crippen LogP contribution in [0.2, 0.25) is 0 Å². The molecule has 1 amide bonds. The second-order valence-electron chi connectivity index (χ2n) is 10.2. The Morgan fingerprint density at radius 1 is 1.13 bits per heavy atom. The molecule has 1 spiro atoms. The molecule has 7 nitrogen and oxygen atoms in total. The molecule has 0 unspecified atom stereocenters. The number of rotatable bonds is 8. The van der Waals surface area contributed by atoms with Crippen LogP contribution in [0.1, 0.15) is 41.6 Å². The quantitative estimate of drug-likeness (QED) is 0.461. The Kier molecular flexibility index (Phi) is 8.87. The van der Waals surface area contributed by atoms with Crippen molar-refractivity contribution in [2.75, 3.05) is 44.3 Å². The van der Waals surface area contributed by atoms with E-state index in [0.29, 0.717) is 25.4 Å². The second-order valence-corrected chi connectivity index (χ2v) is 10.2. The zero-order valence-electron chi connectivity index (χ0n) is 21.6. The van der Waals surface area contributed by atoms with Crippen LogP contribution in [-0.2, 0) is 9.53 Å². The molecule has 0 atom stereocenters. The summed E-state index contributed by atoms with van der Waals surface area (Å²) in [5.74, 6) is -1.19. The summed E-state index contributed by atoms with van der Waals surface area (Å²) in [7, 11) is 0. The number of carbonyl (C=O) groups is 2. The van der Waals surface area contributed by atoms with Gasteiger partial charge in [0.25, 0.3) is 5.91 Å². The summed E-state index contributed by atoms with van der Waals surface area (Å²) in [5, 5.41) is 9.17. The van der Waals surface area contributed by atoms with Crippen LogP contribution in [0.5, 0.6) is 0 Å². The SMILES string of the molecule is C=C(CC/C(=C/CN1CCC2(CC1)COCC(=O)N(c1ccc(C(=O)O)cc1)C2)c1cccnc1)C(F)(F)F. The first kappa shape index (κ1) is 28.5. The molecule has 2 aliphatic heterocycles. The van der Waals surface area contributed by atoms with E-state index in [1.807, 2.05) is 12.1 Å². The molecule has 1 aromatic carbocycles. The standard InChI is InChI=1S/C29H32F3N3O4/c1-21(29(30,31)32)4-5-22(24-3-2-13-33-17-24)10-14-34-15-11-28(12-16-34)19-35(26(36)18-39-20-28)25-8-6-23(7-9-25)27(37)38/h2-3,6-10,13,17H,1,4-5,11-12,14-16,18-20H2,(H,37,38)/b22-10-. The summed E-state index contributed by atoms with van der Waals surface area (Å²) < 4.78 is 44.7. The van der Waals surface area contributed by atoms with E-state index in [4.69, 9.17) is 4.74 Å². The zero-order chi connectivity index (χ0) is 28.0. The van der Waals surface area contributed by atoms with Crippen molar-refractivity contribution in [2.24, 2.45) is 5.41 Å². The number of aromatic carboxylic acids is 1. The minimum atomic E-state index is -4.41. The van der Waals surface area contributed by atoms with E-state index in [-0.39, 0.29) is 36.3 Å². The van der Waals surface area contributed by atoms with Crippen LogP contribution < -0.4 is 4.90 Å². The first-order valence-electron chi connectivity index (χ1n) is 12.8. The van der Waals surface area contributed by atoms with Gasteiger partial charge < -0.3 is 14.7 Å². The van der Waals surface area contributed by atoms with Gasteiger partial charge in [0.05, 0.1) is 12.2 Å². The topological polar surface area (TPSA) is 83.0 Å². The molecule has 2 fully saturated rings. The van der Waals surface area contributed by atoms with E-state index < -0.39 is 17.7 Å². The molecule has 1 aromatic heterocycles. The van der Waals surface area contributed by atoms with Crippen molar-refractivity contribution in [2.45, 2.75) is 31.9 Å². The normalized spacial score (nSPS) is 18.7. The van der Waals surface area contributed by atoms with Crippen molar-refractivity contribution < 1.29 is 32.6 Å². The Hall–Kier alpha value is -3.50. The van der Waals surface area contributed by atoms with Gasteiger partial charge in [0.2, 0.25) is 0 Å². The summed E-state index contributed by atoms with van der Waals surface area (Å²) >= 11 is 0. The van der Waals surface area contributed by atoms with Gasteiger partial charge in [0, 0.05) is 42.2 Å². The molecule has 1 N–H and O–H groups in total. The number of likely N-dealkylation sites (tertiary alicyclic amines) is 1. The molecular weight excluding hydrogens is 511 g/mol. The monoisotopic (exact) mass is 543 g/mol. The fraction of sp³-hybridized carbons (Fsp3) is 0.414. The highest BCUT2D eigenvalue weighted by molar-refractivity contribution is 5.95. The van der Waals surface area contributed by atoms with E-state index in [0.717, 1.165) is 37.1 Å². The highest BCUT2D eigenvalue weighted by Gasteiger charge is 2.40. The molecule has 0 bridgehead atoms. The molecule has 2 aliphatic rings. The van der Waals surface area contributed by atoms with E-state index in [9.17, 15) is 27.9 Å². The van der Waals surface area contributed by atoms with E-state index in [1.165, 1.54) is 12.1 Å². The van der Waals surface area contributed by atoms with Crippen LogP contribution in [0.4, 0.5) is 18.9 Å². The molecule has 0 saturated carbocycles. The smallest absolute Gasteiger partial charge is 0.412 e. The van der Waals surface area contributed by atoms with Crippen molar-refractivity contribution in [3.8, 4) is 0 Å². The van der Waals surface area contributed by atoms with Crippen molar-refractivity contribution in [1.82, 2.24) is 9.88 Å². The van der Waals surface area contributed by atoms with Crippen molar-refractivity contribution in [3.05, 3.63) is 78.1 Å². The molecule has 0 radical (unpaired) electrons. The predicted molar refractivity (Wildman–Crippen MR) is 141 cm³/mol. The van der Waals surface area contributed by atoms with Crippen LogP contribution in [0, 0.1) is 5.41 Å². The van der Waals surface area contributed by atoms with Gasteiger partial charge >= 0.3 is 12.1 Å². The van der Waals surface area contributed by atoms with Crippen LogP contribution in [0.3, 0.4) is 0 Å². The van der Waals surface area contributed by atoms with Gasteiger partial charge in [-0.2, -0.15) is 13.2 Å². The molecule has 208 valence electrons. The summed E-state index contributed by atoms with van der Waals surface area (Å²) in [6, 6.07) is 9.88. The molecule has 3 heterocycles. The number of allylic oxidation sites excluding steroid dienone is 2. The molecule has 10 heteroatoms. The Morgan fingerprint density at radius 2 is 1.85 bits per heavy atom. The molecule has 0 aliphatic carbocycles. The number of ether oxygens (including phenoxy) is 1. The minimum Gasteiger partial charge on any atom is -0.478 e. The number of hydrogen-bond donors (Lipinski definition) is 1. The third-order valence-corrected chi connectivity index (χ3v) is 7.50. The molecule has 2 aromatic rings. The summed E-state index contributed by atoms with van der Waals surface area (Å²) in [4.78, 5) is 32.0. The molecule has 4 rings (SSSR count). The maximum atomic E-state index is 13.0. The first-order valence-corrected chi connectivity index (χ1v) is 12.8. The average molecular weight is 544 g/mol. The van der Waals surface area contributed by atoms with Crippen LogP contribution in [0.15, 0.2) is 67.0 Å². The Morgan fingerprint density at radius 3 is 2.46 bits per heavy atom. The third kappa shape index (κ3) is 7.33. The highest BCUT2D eigenvalue weighted by atomic mass is 19.4. The number of piperidine rings is 1. The Balaban J connectivity index is 1.41. The summed E-state index contributed by atoms with van der Waals surface area (Å²) in [5.41, 5.74) is 1.40. The lowest BCUT2D eigenvalue weighted by Crippen LogP contribution is -2.48. The zero-order valence-corrected chi connectivity index (χ0v) is 21.6. The lowest BCUT2D eigenvalue weighted by Gasteiger charge is -2.42. The van der Waals surface area contributed by atoms with Gasteiger partial charge in [0.1, 0.15) is 6.61 Å². The number of amides is 1. The summed E-state index contributed by atoms with van der Waals surface area (Å²) in [6.45, 7) is 6.16. The lowest BCUT2D eigenvalue weighted by atomic mass is 9.78. The Labute approximate surface area is 225 Å². The Bertz CT molecular complexity index is 1200. The molecule has 39 heavy (non-hydrogen) atoms. The van der Waals surface area contributed by atoms with Gasteiger partial charge in [-0.1, -0.05) is 18.7 Å². The highest BCUT2D eigenvalue weighted by Crippen LogP contribution is 2.36. The molecular formula is C29H32F3N3O4. The number of benzene rings is 1. The number of pyridine rings is 1. The molecule has 2 saturated heterocycles. The van der Waals surface area contributed by atoms with Crippen molar-refractivity contribution in [3.63, 3.8) is 0 Å². The van der Waals surface area contributed by atoms with Crippen LogP contribution in [-0.4, -0.2) is 72.4 Å². The number of nitrogens with zero attached hydrogens (tertiary/aromatic N) is 3. The predicted octanol–water partition coefficient (Wildman–Crippen LogP) is 5.21. The minimum absolute atomic E-state index is 0.0351. The van der Waals surface area contributed by atoms with Crippen molar-refractivity contribution >= 4 is 23.1 Å². The van der Waals surface area contributed by atoms with Gasteiger partial charge in [-0.05, 0) is 80.2 Å². The largest absolute Gasteiger partial charge is 0.478 e. The number of alkyl halides is 3. The van der Waals surface area contributed by atoms with Gasteiger partial charge in [-0.3, -0.25) is 14.7 Å². The average Bonchev–Trinajstić information content (AvgIpc) is 3.08. The fourth-order valence-corrected chi connectivity index (χ4v) is 5.02. The van der Waals surface area contributed by atoms with Crippen LogP contribution >= 0.6 is 0 Å². The number of carboxylic acids is 1. The second kappa shape index (κ2) is 12.1. The number of hydrogen-bond acceptors (Lipinski definition) is 5. The third-order valence-electron chi connectivity index (χ3n) is 7.50. The maximum Gasteiger partial charge on any atom is 0.412 e. The van der Waals surface area contributed by atoms with Gasteiger partial charge in [-0.15, -0.1) is 0 Å². The van der Waals surface area contributed by atoms with E-state index in [2.05, 4.69) is 16.5 Å².